The normalized spacial score (nSPS) is 10.4. The summed E-state index contributed by atoms with van der Waals surface area (Å²) in [5.74, 6) is -0.0537. The molecule has 4 aromatic carbocycles. The molecule has 0 heterocycles. The number of nitrogens with zero attached hydrogens (tertiary/aromatic N) is 7. The van der Waals surface area contributed by atoms with Crippen molar-refractivity contribution in [1.82, 2.24) is 0 Å². The first kappa shape index (κ1) is 61.8. The van der Waals surface area contributed by atoms with Gasteiger partial charge in [-0.25, -0.2) is 18.6 Å². The maximum atomic E-state index is 11.7. The maximum absolute atomic E-state index is 11.7. The third-order valence-electron chi connectivity index (χ3n) is 6.44. The smallest absolute Gasteiger partial charge is 0.872 e. The van der Waals surface area contributed by atoms with Crippen LogP contribution in [0.25, 0.3) is 16.0 Å². The molecule has 57 heavy (non-hydrogen) atoms. The topological polar surface area (TPSA) is 357 Å². The molecule has 0 aliphatic heterocycles. The number of hydrogen-bond acceptors (Lipinski definition) is 12. The molecule has 0 atom stereocenters. The van der Waals surface area contributed by atoms with Gasteiger partial charge in [-0.3, -0.25) is 24.9 Å². The van der Waals surface area contributed by atoms with Crippen molar-refractivity contribution in [3.63, 3.8) is 0 Å². The summed E-state index contributed by atoms with van der Waals surface area (Å²) in [4.78, 5) is 18.8. The Kier molecular flexibility index (Phi) is 39.1. The van der Waals surface area contributed by atoms with Gasteiger partial charge in [0.25, 0.3) is 0 Å². The third kappa shape index (κ3) is 29.5. The average Bonchev–Trinajstić information content (AvgIpc) is 3.09. The Morgan fingerprint density at radius 1 is 0.561 bits per heavy atom. The zero-order chi connectivity index (χ0) is 38.8. The number of aliphatic imine (C=N–C) groups is 4. The van der Waals surface area contributed by atoms with Gasteiger partial charge >= 0.3 is 50.1 Å². The number of para-hydroxylation sites is 4. The second-order valence-corrected chi connectivity index (χ2v) is 11.0. The van der Waals surface area contributed by atoms with E-state index in [-0.39, 0.29) is 84.0 Å². The average molecular weight is 940 g/mol. The minimum atomic E-state index is -4.94. The van der Waals surface area contributed by atoms with Gasteiger partial charge in [0.2, 0.25) is 0 Å². The monoisotopic (exact) mass is 937 g/mol. The summed E-state index contributed by atoms with van der Waals surface area (Å²) in [6.45, 7) is 6.10. The number of halogens is 1. The van der Waals surface area contributed by atoms with E-state index in [4.69, 9.17) is 29.7 Å². The molecule has 313 valence electrons. The van der Waals surface area contributed by atoms with Crippen LogP contribution in [0, 0.1) is 10.2 Å². The molecule has 4 rings (SSSR count). The Balaban J connectivity index is -0.000000248. The van der Waals surface area contributed by atoms with Crippen LogP contribution in [0.5, 0.6) is 23.0 Å². The van der Waals surface area contributed by atoms with Crippen molar-refractivity contribution in [3.05, 3.63) is 135 Å². The van der Waals surface area contributed by atoms with Crippen LogP contribution in [-0.4, -0.2) is 55.5 Å². The molecule has 0 saturated carbocycles. The Morgan fingerprint density at radius 2 is 0.825 bits per heavy atom. The van der Waals surface area contributed by atoms with Crippen LogP contribution < -0.4 is 39.1 Å². The van der Waals surface area contributed by atoms with Crippen molar-refractivity contribution in [3.8, 4) is 23.0 Å². The standard InChI is InChI=1S/2C18H20N2O2.ClHO4.Mn.N3.2Ni.2H2O/c2*1-14(16-8-3-5-10-18(16)22)20-12-6-11-19-13-15-7-2-4-9-17(15)21;2-1(3,4)5;;1-3-2;;;;/h2*2-5,7-10,13,21-22H,6,11-12H2,1H3;(H,2,3,4,5);;;;;2*1H2/q;;;+2;-1;2*+2;;/p-4. The zero-order valence-electron chi connectivity index (χ0n) is 30.5. The van der Waals surface area contributed by atoms with E-state index in [0.29, 0.717) is 48.4 Å². The molecule has 0 aliphatic rings. The molecule has 0 aliphatic carbocycles. The molecular weight excluding hydrogens is 898 g/mol. The first-order valence-electron chi connectivity index (χ1n) is 15.4. The molecule has 0 bridgehead atoms. The van der Waals surface area contributed by atoms with E-state index >= 15 is 0 Å². The first-order valence-corrected chi connectivity index (χ1v) is 16.7. The van der Waals surface area contributed by atoms with E-state index in [2.05, 4.69) is 20.0 Å². The molecule has 0 amide bonds. The summed E-state index contributed by atoms with van der Waals surface area (Å²) in [6, 6.07) is 27.4. The molecule has 17 nitrogen and oxygen atoms in total. The van der Waals surface area contributed by atoms with Crippen LogP contribution in [-0.2, 0) is 55.5 Å². The van der Waals surface area contributed by atoms with Gasteiger partial charge in [-0.1, -0.05) is 109 Å². The molecular formula is C36H41ClMnN7Ni2O10+. The number of rotatable bonds is 12. The molecule has 0 aromatic heterocycles. The molecule has 4 aromatic rings. The quantitative estimate of drug-likeness (QED) is 0.0310. The maximum Gasteiger partial charge on any atom is 2.00 e. The van der Waals surface area contributed by atoms with Crippen LogP contribution in [0.2, 0.25) is 0 Å². The molecule has 0 fully saturated rings. The number of benzene rings is 4. The minimum Gasteiger partial charge on any atom is -0.872 e. The van der Waals surface area contributed by atoms with E-state index in [1.165, 1.54) is 17.0 Å². The Labute approximate surface area is 363 Å². The summed E-state index contributed by atoms with van der Waals surface area (Å²) in [5, 5.41) is 46.3. The summed E-state index contributed by atoms with van der Waals surface area (Å²) < 4.78 is 34.0. The molecule has 1 radical (unpaired) electrons. The summed E-state index contributed by atoms with van der Waals surface area (Å²) in [6.07, 6.45) is 4.75. The van der Waals surface area contributed by atoms with E-state index in [1.807, 2.05) is 38.1 Å². The van der Waals surface area contributed by atoms with Crippen LogP contribution in [0.1, 0.15) is 48.9 Å². The zero-order valence-corrected chi connectivity index (χ0v) is 34.4. The van der Waals surface area contributed by atoms with E-state index < -0.39 is 10.2 Å². The summed E-state index contributed by atoms with van der Waals surface area (Å²) >= 11 is 0. The van der Waals surface area contributed by atoms with Crippen LogP contribution in [0.15, 0.2) is 117 Å². The van der Waals surface area contributed by atoms with E-state index in [9.17, 15) is 20.4 Å². The van der Waals surface area contributed by atoms with Crippen molar-refractivity contribution < 1.29 is 110 Å². The molecule has 0 spiro atoms. The second-order valence-electron chi connectivity index (χ2n) is 10.2. The fourth-order valence-electron chi connectivity index (χ4n) is 4.02. The van der Waals surface area contributed by atoms with Gasteiger partial charge in [-0.15, -0.1) is 21.7 Å². The van der Waals surface area contributed by atoms with Gasteiger partial charge in [-0.2, -0.15) is 0 Å². The molecule has 21 heteroatoms. The van der Waals surface area contributed by atoms with Crippen molar-refractivity contribution >= 4 is 23.9 Å². The van der Waals surface area contributed by atoms with Crippen molar-refractivity contribution in [2.75, 3.05) is 26.2 Å². The van der Waals surface area contributed by atoms with Crippen molar-refractivity contribution in [2.24, 2.45) is 20.0 Å². The van der Waals surface area contributed by atoms with Crippen LogP contribution in [0.3, 0.4) is 0 Å². The van der Waals surface area contributed by atoms with E-state index in [0.717, 1.165) is 24.3 Å². The van der Waals surface area contributed by atoms with Crippen LogP contribution in [0.4, 0.5) is 0 Å². The minimum absolute atomic E-state index is 0. The van der Waals surface area contributed by atoms with E-state index in [1.54, 1.807) is 73.1 Å². The molecule has 0 saturated heterocycles. The van der Waals surface area contributed by atoms with Gasteiger partial charge in [0, 0.05) is 50.0 Å². The number of hydrogen-bond donors (Lipinski definition) is 0. The fraction of sp³-hybridized carbons (Fsp3) is 0.222. The molecule has 5 N–H and O–H groups in total. The van der Waals surface area contributed by atoms with Crippen molar-refractivity contribution in [2.45, 2.75) is 26.7 Å². The third-order valence-corrected chi connectivity index (χ3v) is 6.44. The summed E-state index contributed by atoms with van der Waals surface area (Å²) in [7, 11) is -4.94. The van der Waals surface area contributed by atoms with Crippen LogP contribution >= 0.6 is 0 Å². The predicted molar refractivity (Wildman–Crippen MR) is 190 cm³/mol. The Bertz CT molecular complexity index is 1710. The Morgan fingerprint density at radius 3 is 1.11 bits per heavy atom. The Hall–Kier alpha value is -4.37. The van der Waals surface area contributed by atoms with Gasteiger partial charge in [0.05, 0.1) is 0 Å². The van der Waals surface area contributed by atoms with Gasteiger partial charge < -0.3 is 42.4 Å². The predicted octanol–water partition coefficient (Wildman–Crippen LogP) is -1.34. The van der Waals surface area contributed by atoms with Crippen molar-refractivity contribution in [1.29, 1.82) is 0 Å². The summed E-state index contributed by atoms with van der Waals surface area (Å²) in [5.41, 5.74) is 17.5. The van der Waals surface area contributed by atoms with Gasteiger partial charge in [0.15, 0.2) is 0 Å². The largest absolute Gasteiger partial charge is 2.00 e. The SMILES string of the molecule is CC(=NCCCN=Cc1ccccc1[O-])c1ccccc1[O-].CC(=NCCCN=Cc1ccccc1[O-])c1ccccc1[O-].O.[Mn+2].[N-]=[N+]=[N-].[Ni+2].[Ni+2].[O-][Cl+3]([O-])([O-])[O-].[OH3+]. The van der Waals surface area contributed by atoms with Gasteiger partial charge in [-0.05, 0) is 48.9 Å². The molecule has 0 unspecified atom stereocenters. The first-order chi connectivity index (χ1) is 24.8. The fourth-order valence-corrected chi connectivity index (χ4v) is 4.02. The second kappa shape index (κ2) is 36.0. The van der Waals surface area contributed by atoms with Gasteiger partial charge in [0.1, 0.15) is 0 Å².